The van der Waals surface area contributed by atoms with Gasteiger partial charge in [-0.3, -0.25) is 4.79 Å². The highest BCUT2D eigenvalue weighted by Gasteiger charge is 2.31. The zero-order chi connectivity index (χ0) is 17.3. The van der Waals surface area contributed by atoms with Gasteiger partial charge in [0.05, 0.1) is 5.69 Å². The molecule has 1 amide bonds. The van der Waals surface area contributed by atoms with Crippen molar-refractivity contribution < 1.29 is 4.79 Å². The molecule has 1 aliphatic heterocycles. The minimum absolute atomic E-state index is 0.0735. The Kier molecular flexibility index (Phi) is 4.46. The van der Waals surface area contributed by atoms with E-state index in [-0.39, 0.29) is 17.9 Å². The van der Waals surface area contributed by atoms with Crippen LogP contribution in [-0.4, -0.2) is 56.4 Å². The highest BCUT2D eigenvalue weighted by atomic mass is 16.2. The number of nitrogens with zero attached hydrogens (tertiary/aromatic N) is 7. The predicted octanol–water partition coefficient (Wildman–Crippen LogP) is 0.916. The van der Waals surface area contributed by atoms with E-state index in [0.29, 0.717) is 13.1 Å². The van der Waals surface area contributed by atoms with Gasteiger partial charge in [0.2, 0.25) is 5.91 Å². The number of aromatic nitrogens is 5. The van der Waals surface area contributed by atoms with Crippen molar-refractivity contribution in [2.24, 2.45) is 5.92 Å². The maximum atomic E-state index is 13.1. The Hall–Kier alpha value is -2.51. The maximum Gasteiger partial charge on any atom is 0.248 e. The zero-order valence-electron chi connectivity index (χ0n) is 14.5. The molecule has 3 rings (SSSR count). The molecule has 24 heavy (non-hydrogen) atoms. The standard InChI is InChI=1S/C16H23N7O/c1-11(2)15(23-10-17-9-18-23)16(24)22-6-5-13-12(8-22)7-14(20-19-13)21(3)4/h7,9-11,15H,5-6,8H2,1-4H3. The van der Waals surface area contributed by atoms with Crippen LogP contribution in [0.2, 0.25) is 0 Å². The fraction of sp³-hybridized carbons (Fsp3) is 0.562. The summed E-state index contributed by atoms with van der Waals surface area (Å²) in [5, 5.41) is 12.7. The minimum Gasteiger partial charge on any atom is -0.361 e. The van der Waals surface area contributed by atoms with Gasteiger partial charge in [-0.2, -0.15) is 10.2 Å². The van der Waals surface area contributed by atoms with Gasteiger partial charge in [-0.25, -0.2) is 9.67 Å². The average molecular weight is 329 g/mol. The molecular formula is C16H23N7O. The average Bonchev–Trinajstić information content (AvgIpc) is 3.07. The Bertz CT molecular complexity index is 711. The first-order chi connectivity index (χ1) is 11.5. The summed E-state index contributed by atoms with van der Waals surface area (Å²) in [7, 11) is 3.86. The molecule has 3 heterocycles. The number of carbonyl (C=O) groups is 1. The zero-order valence-corrected chi connectivity index (χ0v) is 14.5. The van der Waals surface area contributed by atoms with Gasteiger partial charge in [0.1, 0.15) is 18.7 Å². The molecule has 0 N–H and O–H groups in total. The highest BCUT2D eigenvalue weighted by molar-refractivity contribution is 5.81. The van der Waals surface area contributed by atoms with Gasteiger partial charge in [-0.1, -0.05) is 13.8 Å². The molecule has 0 aromatic carbocycles. The molecule has 1 aliphatic rings. The molecule has 1 unspecified atom stereocenters. The monoisotopic (exact) mass is 329 g/mol. The molecule has 0 spiro atoms. The van der Waals surface area contributed by atoms with Gasteiger partial charge in [0.15, 0.2) is 5.82 Å². The van der Waals surface area contributed by atoms with Crippen LogP contribution in [0.25, 0.3) is 0 Å². The number of amides is 1. The van der Waals surface area contributed by atoms with Gasteiger partial charge in [-0.15, -0.1) is 5.10 Å². The summed E-state index contributed by atoms with van der Waals surface area (Å²) in [4.78, 5) is 20.8. The van der Waals surface area contributed by atoms with Crippen molar-refractivity contribution in [3.05, 3.63) is 30.0 Å². The summed E-state index contributed by atoms with van der Waals surface area (Å²) in [6, 6.07) is 1.68. The number of rotatable bonds is 4. The van der Waals surface area contributed by atoms with E-state index in [1.165, 1.54) is 6.33 Å². The second-order valence-electron chi connectivity index (χ2n) is 6.64. The molecule has 0 bridgehead atoms. The third-order valence-electron chi connectivity index (χ3n) is 4.30. The third-order valence-corrected chi connectivity index (χ3v) is 4.30. The molecule has 1 atom stereocenters. The Morgan fingerprint density at radius 2 is 2.08 bits per heavy atom. The number of hydrogen-bond acceptors (Lipinski definition) is 6. The lowest BCUT2D eigenvalue weighted by atomic mass is 10.0. The SMILES string of the molecule is CC(C)C(C(=O)N1CCc2nnc(N(C)C)cc2C1)n1cncn1. The lowest BCUT2D eigenvalue weighted by Crippen LogP contribution is -2.42. The van der Waals surface area contributed by atoms with Gasteiger partial charge in [0, 0.05) is 33.6 Å². The summed E-state index contributed by atoms with van der Waals surface area (Å²) in [5.41, 5.74) is 2.04. The van der Waals surface area contributed by atoms with E-state index < -0.39 is 0 Å². The molecule has 128 valence electrons. The fourth-order valence-corrected chi connectivity index (χ4v) is 2.98. The summed E-state index contributed by atoms with van der Waals surface area (Å²) < 4.78 is 1.65. The van der Waals surface area contributed by atoms with Crippen LogP contribution < -0.4 is 4.90 Å². The van der Waals surface area contributed by atoms with Gasteiger partial charge < -0.3 is 9.80 Å². The van der Waals surface area contributed by atoms with Crippen LogP contribution in [0, 0.1) is 5.92 Å². The van der Waals surface area contributed by atoms with E-state index in [2.05, 4.69) is 20.3 Å². The van der Waals surface area contributed by atoms with Crippen LogP contribution in [0.1, 0.15) is 31.1 Å². The summed E-state index contributed by atoms with van der Waals surface area (Å²) >= 11 is 0. The molecular weight excluding hydrogens is 306 g/mol. The lowest BCUT2D eigenvalue weighted by Gasteiger charge is -2.32. The topological polar surface area (TPSA) is 80.0 Å². The number of fused-ring (bicyclic) bond motifs is 1. The number of anilines is 1. The predicted molar refractivity (Wildman–Crippen MR) is 89.4 cm³/mol. The number of hydrogen-bond donors (Lipinski definition) is 0. The van der Waals surface area contributed by atoms with E-state index >= 15 is 0 Å². The van der Waals surface area contributed by atoms with E-state index in [9.17, 15) is 4.79 Å². The van der Waals surface area contributed by atoms with E-state index in [0.717, 1.165) is 23.5 Å². The quantitative estimate of drug-likeness (QED) is 0.830. The Morgan fingerprint density at radius 1 is 1.29 bits per heavy atom. The van der Waals surface area contributed by atoms with Crippen molar-refractivity contribution in [3.63, 3.8) is 0 Å². The van der Waals surface area contributed by atoms with Gasteiger partial charge in [0.25, 0.3) is 0 Å². The summed E-state index contributed by atoms with van der Waals surface area (Å²) in [6.45, 7) is 5.26. The molecule has 2 aromatic rings. The summed E-state index contributed by atoms with van der Waals surface area (Å²) in [5.74, 6) is 1.01. The molecule has 0 aliphatic carbocycles. The molecule has 8 nitrogen and oxygen atoms in total. The minimum atomic E-state index is -0.336. The van der Waals surface area contributed by atoms with E-state index in [1.807, 2.05) is 43.8 Å². The van der Waals surface area contributed by atoms with E-state index in [4.69, 9.17) is 0 Å². The second-order valence-corrected chi connectivity index (χ2v) is 6.64. The highest BCUT2D eigenvalue weighted by Crippen LogP contribution is 2.25. The maximum absolute atomic E-state index is 13.1. The van der Waals surface area contributed by atoms with Crippen LogP contribution in [-0.2, 0) is 17.8 Å². The van der Waals surface area contributed by atoms with Crippen LogP contribution >= 0.6 is 0 Å². The Labute approximate surface area is 141 Å². The smallest absolute Gasteiger partial charge is 0.248 e. The van der Waals surface area contributed by atoms with Crippen molar-refractivity contribution in [2.75, 3.05) is 25.5 Å². The van der Waals surface area contributed by atoms with Gasteiger partial charge in [-0.05, 0) is 17.5 Å². The van der Waals surface area contributed by atoms with Crippen molar-refractivity contribution in [1.29, 1.82) is 0 Å². The second kappa shape index (κ2) is 6.54. The molecule has 0 saturated heterocycles. The van der Waals surface area contributed by atoms with Crippen molar-refractivity contribution in [3.8, 4) is 0 Å². The van der Waals surface area contributed by atoms with Gasteiger partial charge >= 0.3 is 0 Å². The van der Waals surface area contributed by atoms with E-state index in [1.54, 1.807) is 11.0 Å². The largest absolute Gasteiger partial charge is 0.361 e. The van der Waals surface area contributed by atoms with Crippen molar-refractivity contribution >= 4 is 11.7 Å². The summed E-state index contributed by atoms with van der Waals surface area (Å²) in [6.07, 6.45) is 3.80. The molecule has 0 radical (unpaired) electrons. The third kappa shape index (κ3) is 3.08. The number of carbonyl (C=O) groups excluding carboxylic acids is 1. The first kappa shape index (κ1) is 16.4. The Morgan fingerprint density at radius 3 is 2.71 bits per heavy atom. The normalized spacial score (nSPS) is 15.3. The first-order valence-electron chi connectivity index (χ1n) is 8.13. The fourth-order valence-electron chi connectivity index (χ4n) is 2.98. The molecule has 0 fully saturated rings. The van der Waals surface area contributed by atoms with Crippen LogP contribution in [0.15, 0.2) is 18.7 Å². The van der Waals surface area contributed by atoms with Crippen LogP contribution in [0.3, 0.4) is 0 Å². The molecule has 8 heteroatoms. The lowest BCUT2D eigenvalue weighted by molar-refractivity contribution is -0.137. The first-order valence-corrected chi connectivity index (χ1v) is 8.13. The molecule has 0 saturated carbocycles. The van der Waals surface area contributed by atoms with Crippen LogP contribution in [0.5, 0.6) is 0 Å². The van der Waals surface area contributed by atoms with Crippen LogP contribution in [0.4, 0.5) is 5.82 Å². The van der Waals surface area contributed by atoms with Crippen molar-refractivity contribution in [1.82, 2.24) is 29.9 Å². The van der Waals surface area contributed by atoms with Crippen molar-refractivity contribution in [2.45, 2.75) is 32.9 Å². The molecule has 2 aromatic heterocycles. The Balaban J connectivity index is 1.83.